The molecule has 136 valence electrons. The fourth-order valence-electron chi connectivity index (χ4n) is 3.65. The van der Waals surface area contributed by atoms with Crippen LogP contribution >= 0.6 is 0 Å². The van der Waals surface area contributed by atoms with Gasteiger partial charge in [0.15, 0.2) is 5.69 Å². The molecule has 25 heavy (non-hydrogen) atoms. The predicted octanol–water partition coefficient (Wildman–Crippen LogP) is 2.17. The van der Waals surface area contributed by atoms with E-state index in [0.29, 0.717) is 12.2 Å². The SMILES string of the molecule is CCN(CC)CCNC(=O)c1nc(C2CCCN2C)n2ccccc12. The number of rotatable bonds is 7. The van der Waals surface area contributed by atoms with Gasteiger partial charge in [-0.15, -0.1) is 0 Å². The molecule has 1 aliphatic rings. The third-order valence-electron chi connectivity index (χ3n) is 5.22. The molecule has 2 aromatic rings. The highest BCUT2D eigenvalue weighted by Gasteiger charge is 2.28. The normalized spacial score (nSPS) is 18.3. The maximum atomic E-state index is 12.7. The van der Waals surface area contributed by atoms with Gasteiger partial charge in [-0.2, -0.15) is 0 Å². The van der Waals surface area contributed by atoms with Crippen molar-refractivity contribution in [2.45, 2.75) is 32.7 Å². The third kappa shape index (κ3) is 3.70. The number of nitrogens with one attached hydrogen (secondary N) is 1. The Balaban J connectivity index is 1.80. The van der Waals surface area contributed by atoms with E-state index in [1.165, 1.54) is 6.42 Å². The number of likely N-dealkylation sites (tertiary alicyclic amines) is 1. The number of pyridine rings is 1. The second kappa shape index (κ2) is 7.97. The van der Waals surface area contributed by atoms with Gasteiger partial charge in [-0.3, -0.25) is 9.69 Å². The molecule has 0 aromatic carbocycles. The summed E-state index contributed by atoms with van der Waals surface area (Å²) in [4.78, 5) is 22.1. The first kappa shape index (κ1) is 17.9. The van der Waals surface area contributed by atoms with Crippen LogP contribution in [0, 0.1) is 0 Å². The molecule has 6 heteroatoms. The van der Waals surface area contributed by atoms with E-state index in [1.54, 1.807) is 0 Å². The first-order valence-corrected chi connectivity index (χ1v) is 9.33. The van der Waals surface area contributed by atoms with E-state index in [2.05, 4.69) is 40.4 Å². The van der Waals surface area contributed by atoms with Crippen molar-refractivity contribution in [1.82, 2.24) is 24.5 Å². The van der Waals surface area contributed by atoms with Crippen LogP contribution in [0.5, 0.6) is 0 Å². The molecule has 1 aliphatic heterocycles. The molecule has 1 unspecified atom stereocenters. The zero-order chi connectivity index (χ0) is 17.8. The quantitative estimate of drug-likeness (QED) is 0.837. The molecule has 1 amide bonds. The molecule has 2 aromatic heterocycles. The van der Waals surface area contributed by atoms with Crippen LogP contribution in [0.2, 0.25) is 0 Å². The summed E-state index contributed by atoms with van der Waals surface area (Å²) in [5.41, 5.74) is 1.42. The van der Waals surface area contributed by atoms with Crippen molar-refractivity contribution < 1.29 is 4.79 Å². The van der Waals surface area contributed by atoms with E-state index in [1.807, 2.05) is 24.4 Å². The summed E-state index contributed by atoms with van der Waals surface area (Å²) < 4.78 is 2.08. The van der Waals surface area contributed by atoms with Gasteiger partial charge in [0.05, 0.1) is 11.6 Å². The molecule has 3 rings (SSSR count). The van der Waals surface area contributed by atoms with Gasteiger partial charge in [-0.25, -0.2) is 4.98 Å². The second-order valence-electron chi connectivity index (χ2n) is 6.70. The summed E-state index contributed by atoms with van der Waals surface area (Å²) in [5.74, 6) is 0.896. The van der Waals surface area contributed by atoms with Crippen molar-refractivity contribution >= 4 is 11.4 Å². The van der Waals surface area contributed by atoms with E-state index >= 15 is 0 Å². The number of carbonyl (C=O) groups is 1. The number of likely N-dealkylation sites (N-methyl/N-ethyl adjacent to an activating group) is 1. The summed E-state index contributed by atoms with van der Waals surface area (Å²) in [7, 11) is 2.13. The Morgan fingerprint density at radius 2 is 2.16 bits per heavy atom. The largest absolute Gasteiger partial charge is 0.349 e. The third-order valence-corrected chi connectivity index (χ3v) is 5.22. The van der Waals surface area contributed by atoms with Gasteiger partial charge in [0, 0.05) is 19.3 Å². The average Bonchev–Trinajstić information content (AvgIpc) is 3.22. The Bertz CT molecular complexity index is 722. The lowest BCUT2D eigenvalue weighted by Gasteiger charge is -2.18. The lowest BCUT2D eigenvalue weighted by Crippen LogP contribution is -2.35. The zero-order valence-corrected chi connectivity index (χ0v) is 15.5. The summed E-state index contributed by atoms with van der Waals surface area (Å²) in [6.07, 6.45) is 4.28. The van der Waals surface area contributed by atoms with Gasteiger partial charge >= 0.3 is 0 Å². The molecule has 1 N–H and O–H groups in total. The van der Waals surface area contributed by atoms with Crippen LogP contribution in [0.4, 0.5) is 0 Å². The maximum Gasteiger partial charge on any atom is 0.272 e. The Morgan fingerprint density at radius 3 is 2.84 bits per heavy atom. The highest BCUT2D eigenvalue weighted by molar-refractivity contribution is 5.99. The molecular formula is C19H29N5O. The maximum absolute atomic E-state index is 12.7. The highest BCUT2D eigenvalue weighted by atomic mass is 16.1. The van der Waals surface area contributed by atoms with E-state index in [4.69, 9.17) is 4.98 Å². The first-order chi connectivity index (χ1) is 12.2. The average molecular weight is 343 g/mol. The van der Waals surface area contributed by atoms with Crippen LogP contribution < -0.4 is 5.32 Å². The first-order valence-electron chi connectivity index (χ1n) is 9.33. The lowest BCUT2D eigenvalue weighted by atomic mass is 10.2. The Kier molecular flexibility index (Phi) is 5.71. The van der Waals surface area contributed by atoms with Gasteiger partial charge in [0.25, 0.3) is 5.91 Å². The van der Waals surface area contributed by atoms with E-state index in [0.717, 1.165) is 43.9 Å². The van der Waals surface area contributed by atoms with Gasteiger partial charge in [-0.1, -0.05) is 19.9 Å². The number of imidazole rings is 1. The van der Waals surface area contributed by atoms with E-state index < -0.39 is 0 Å². The van der Waals surface area contributed by atoms with Gasteiger partial charge in [-0.05, 0) is 51.7 Å². The number of aromatic nitrogens is 2. The topological polar surface area (TPSA) is 52.9 Å². The molecule has 6 nitrogen and oxygen atoms in total. The smallest absolute Gasteiger partial charge is 0.272 e. The fourth-order valence-corrected chi connectivity index (χ4v) is 3.65. The molecule has 1 atom stereocenters. The van der Waals surface area contributed by atoms with E-state index in [-0.39, 0.29) is 11.9 Å². The summed E-state index contributed by atoms with van der Waals surface area (Å²) in [6, 6.07) is 6.22. The van der Waals surface area contributed by atoms with Crippen molar-refractivity contribution in [3.8, 4) is 0 Å². The van der Waals surface area contributed by atoms with Crippen LogP contribution in [0.15, 0.2) is 24.4 Å². The number of fused-ring (bicyclic) bond motifs is 1. The summed E-state index contributed by atoms with van der Waals surface area (Å²) >= 11 is 0. The second-order valence-corrected chi connectivity index (χ2v) is 6.70. The molecule has 0 bridgehead atoms. The van der Waals surface area contributed by atoms with Crippen molar-refractivity contribution in [3.05, 3.63) is 35.9 Å². The fraction of sp³-hybridized carbons (Fsp3) is 0.579. The number of carbonyl (C=O) groups excluding carboxylic acids is 1. The highest BCUT2D eigenvalue weighted by Crippen LogP contribution is 2.30. The predicted molar refractivity (Wildman–Crippen MR) is 99.9 cm³/mol. The molecule has 3 heterocycles. The molecular weight excluding hydrogens is 314 g/mol. The number of amides is 1. The Morgan fingerprint density at radius 1 is 1.36 bits per heavy atom. The molecule has 0 aliphatic carbocycles. The summed E-state index contributed by atoms with van der Waals surface area (Å²) in [5, 5.41) is 3.04. The molecule has 0 radical (unpaired) electrons. The minimum atomic E-state index is -0.0808. The van der Waals surface area contributed by atoms with Crippen LogP contribution in [-0.4, -0.2) is 64.9 Å². The molecule has 1 fully saturated rings. The van der Waals surface area contributed by atoms with E-state index in [9.17, 15) is 4.79 Å². The van der Waals surface area contributed by atoms with Crippen molar-refractivity contribution in [1.29, 1.82) is 0 Å². The monoisotopic (exact) mass is 343 g/mol. The molecule has 0 saturated carbocycles. The van der Waals surface area contributed by atoms with Gasteiger partial charge in [0.2, 0.25) is 0 Å². The minimum Gasteiger partial charge on any atom is -0.349 e. The number of nitrogens with zero attached hydrogens (tertiary/aromatic N) is 4. The minimum absolute atomic E-state index is 0.0808. The standard InChI is InChI=1S/C19H29N5O/c1-4-23(5-2)14-11-20-19(25)17-15-9-6-7-13-24(15)18(21-17)16-10-8-12-22(16)3/h6-7,9,13,16H,4-5,8,10-12,14H2,1-3H3,(H,20,25). The van der Waals surface area contributed by atoms with Gasteiger partial charge in [0.1, 0.15) is 5.82 Å². The van der Waals surface area contributed by atoms with Gasteiger partial charge < -0.3 is 14.6 Å². The number of hydrogen-bond acceptors (Lipinski definition) is 4. The van der Waals surface area contributed by atoms with Crippen LogP contribution in [0.25, 0.3) is 5.52 Å². The van der Waals surface area contributed by atoms with Crippen molar-refractivity contribution in [2.75, 3.05) is 39.8 Å². The zero-order valence-electron chi connectivity index (χ0n) is 15.5. The molecule has 1 saturated heterocycles. The summed E-state index contributed by atoms with van der Waals surface area (Å²) in [6.45, 7) is 8.86. The van der Waals surface area contributed by atoms with Crippen molar-refractivity contribution in [2.24, 2.45) is 0 Å². The number of hydrogen-bond donors (Lipinski definition) is 1. The lowest BCUT2D eigenvalue weighted by molar-refractivity contribution is 0.0945. The van der Waals surface area contributed by atoms with Crippen LogP contribution in [0.1, 0.15) is 49.0 Å². The Labute approximate surface area is 149 Å². The molecule has 0 spiro atoms. The van der Waals surface area contributed by atoms with Crippen LogP contribution in [0.3, 0.4) is 0 Å². The Hall–Kier alpha value is -1.92. The van der Waals surface area contributed by atoms with Crippen LogP contribution in [-0.2, 0) is 0 Å². The van der Waals surface area contributed by atoms with Crippen molar-refractivity contribution in [3.63, 3.8) is 0 Å².